The fourth-order valence-corrected chi connectivity index (χ4v) is 2.93. The maximum Gasteiger partial charge on any atom is 0.317 e. The van der Waals surface area contributed by atoms with Crippen molar-refractivity contribution in [3.63, 3.8) is 0 Å². The first-order valence-electron chi connectivity index (χ1n) is 8.55. The zero-order chi connectivity index (χ0) is 16.7. The van der Waals surface area contributed by atoms with Crippen molar-refractivity contribution in [2.75, 3.05) is 39.8 Å². The van der Waals surface area contributed by atoms with Crippen molar-refractivity contribution in [3.05, 3.63) is 11.7 Å². The summed E-state index contributed by atoms with van der Waals surface area (Å²) >= 11 is 0. The minimum atomic E-state index is -0.0442. The Morgan fingerprint density at radius 1 is 1.52 bits per heavy atom. The molecule has 1 aliphatic heterocycles. The molecule has 0 spiro atoms. The number of hydrogen-bond donors (Lipinski definition) is 1. The topological polar surface area (TPSA) is 74.5 Å². The summed E-state index contributed by atoms with van der Waals surface area (Å²) in [4.78, 5) is 20.3. The summed E-state index contributed by atoms with van der Waals surface area (Å²) in [6, 6.07) is -0.0442. The van der Waals surface area contributed by atoms with Crippen LogP contribution in [0.5, 0.6) is 0 Å². The van der Waals surface area contributed by atoms with Crippen LogP contribution in [0, 0.1) is 12.8 Å². The number of hydrogen-bond acceptors (Lipinski definition) is 5. The SMILES string of the molecule is Cc1nc(CCN(C)C(=O)NCCCN2CCCC(C)C2)no1. The summed E-state index contributed by atoms with van der Waals surface area (Å²) in [7, 11) is 1.79. The number of rotatable bonds is 7. The quantitative estimate of drug-likeness (QED) is 0.773. The van der Waals surface area contributed by atoms with Gasteiger partial charge in [-0.1, -0.05) is 12.1 Å². The van der Waals surface area contributed by atoms with Gasteiger partial charge in [-0.25, -0.2) is 4.79 Å². The van der Waals surface area contributed by atoms with Crippen LogP contribution >= 0.6 is 0 Å². The van der Waals surface area contributed by atoms with Gasteiger partial charge in [-0.05, 0) is 38.3 Å². The number of nitrogens with zero attached hydrogens (tertiary/aromatic N) is 4. The average Bonchev–Trinajstić information content (AvgIpc) is 2.94. The number of amides is 2. The van der Waals surface area contributed by atoms with Crippen LogP contribution in [0.3, 0.4) is 0 Å². The van der Waals surface area contributed by atoms with Crippen molar-refractivity contribution >= 4 is 6.03 Å². The second-order valence-electron chi connectivity index (χ2n) is 6.53. The molecular weight excluding hydrogens is 294 g/mol. The van der Waals surface area contributed by atoms with E-state index in [2.05, 4.69) is 27.3 Å². The second-order valence-corrected chi connectivity index (χ2v) is 6.53. The van der Waals surface area contributed by atoms with Gasteiger partial charge in [0.15, 0.2) is 5.82 Å². The predicted molar refractivity (Wildman–Crippen MR) is 88.2 cm³/mol. The largest absolute Gasteiger partial charge is 0.340 e. The van der Waals surface area contributed by atoms with Crippen molar-refractivity contribution < 1.29 is 9.32 Å². The Morgan fingerprint density at radius 3 is 3.04 bits per heavy atom. The molecule has 130 valence electrons. The molecule has 1 saturated heterocycles. The first kappa shape index (κ1) is 17.7. The zero-order valence-electron chi connectivity index (χ0n) is 14.5. The minimum absolute atomic E-state index is 0.0442. The molecule has 1 N–H and O–H groups in total. The third-order valence-corrected chi connectivity index (χ3v) is 4.26. The summed E-state index contributed by atoms with van der Waals surface area (Å²) < 4.78 is 4.92. The first-order valence-corrected chi connectivity index (χ1v) is 8.55. The third-order valence-electron chi connectivity index (χ3n) is 4.26. The maximum atomic E-state index is 12.0. The van der Waals surface area contributed by atoms with E-state index in [1.165, 1.54) is 25.9 Å². The van der Waals surface area contributed by atoms with Crippen LogP contribution in [-0.4, -0.2) is 65.7 Å². The lowest BCUT2D eigenvalue weighted by Crippen LogP contribution is -2.40. The van der Waals surface area contributed by atoms with Gasteiger partial charge in [0, 0.05) is 40.0 Å². The maximum absolute atomic E-state index is 12.0. The monoisotopic (exact) mass is 323 g/mol. The van der Waals surface area contributed by atoms with E-state index in [1.54, 1.807) is 18.9 Å². The second kappa shape index (κ2) is 8.86. The summed E-state index contributed by atoms with van der Waals surface area (Å²) in [6.45, 7) is 8.82. The van der Waals surface area contributed by atoms with E-state index in [0.29, 0.717) is 24.7 Å². The molecule has 1 aliphatic rings. The molecule has 2 rings (SSSR count). The number of likely N-dealkylation sites (N-methyl/N-ethyl adjacent to an activating group) is 1. The minimum Gasteiger partial charge on any atom is -0.340 e. The van der Waals surface area contributed by atoms with Crippen molar-refractivity contribution in [2.45, 2.75) is 39.5 Å². The highest BCUT2D eigenvalue weighted by Crippen LogP contribution is 2.15. The molecule has 7 heteroatoms. The Bertz CT molecular complexity index is 491. The lowest BCUT2D eigenvalue weighted by molar-refractivity contribution is 0.180. The molecule has 0 saturated carbocycles. The summed E-state index contributed by atoms with van der Waals surface area (Å²) in [6.07, 6.45) is 4.24. The molecule has 1 aromatic rings. The molecule has 2 heterocycles. The lowest BCUT2D eigenvalue weighted by atomic mass is 10.0. The standard InChI is InChI=1S/C16H29N5O2/c1-13-6-4-9-21(12-13)10-5-8-17-16(22)20(3)11-7-15-18-14(2)23-19-15/h13H,4-12H2,1-3H3,(H,17,22). The molecule has 1 aromatic heterocycles. The fourth-order valence-electron chi connectivity index (χ4n) is 2.93. The molecule has 0 radical (unpaired) electrons. The Morgan fingerprint density at radius 2 is 2.35 bits per heavy atom. The number of carbonyl (C=O) groups is 1. The number of likely N-dealkylation sites (tertiary alicyclic amines) is 1. The van der Waals surface area contributed by atoms with Crippen LogP contribution in [0.4, 0.5) is 4.79 Å². The number of piperidine rings is 1. The third kappa shape index (κ3) is 6.17. The highest BCUT2D eigenvalue weighted by Gasteiger charge is 2.15. The molecule has 0 aliphatic carbocycles. The average molecular weight is 323 g/mol. The van der Waals surface area contributed by atoms with Crippen molar-refractivity contribution in [2.24, 2.45) is 5.92 Å². The van der Waals surface area contributed by atoms with Crippen LogP contribution in [0.1, 0.15) is 37.9 Å². The van der Waals surface area contributed by atoms with E-state index >= 15 is 0 Å². The van der Waals surface area contributed by atoms with Crippen LogP contribution in [-0.2, 0) is 6.42 Å². The van der Waals surface area contributed by atoms with Crippen molar-refractivity contribution in [3.8, 4) is 0 Å². The molecule has 1 fully saturated rings. The molecule has 0 bridgehead atoms. The van der Waals surface area contributed by atoms with Crippen LogP contribution < -0.4 is 5.32 Å². The van der Waals surface area contributed by atoms with Gasteiger partial charge in [-0.3, -0.25) is 0 Å². The van der Waals surface area contributed by atoms with E-state index in [1.807, 2.05) is 0 Å². The van der Waals surface area contributed by atoms with Gasteiger partial charge in [0.1, 0.15) is 0 Å². The number of carbonyl (C=O) groups excluding carboxylic acids is 1. The zero-order valence-corrected chi connectivity index (χ0v) is 14.5. The van der Waals surface area contributed by atoms with Gasteiger partial charge in [-0.2, -0.15) is 4.98 Å². The van der Waals surface area contributed by atoms with Gasteiger partial charge >= 0.3 is 6.03 Å². The van der Waals surface area contributed by atoms with Gasteiger partial charge in [0.05, 0.1) is 0 Å². The first-order chi connectivity index (χ1) is 11.0. The van der Waals surface area contributed by atoms with Gasteiger partial charge in [0.2, 0.25) is 5.89 Å². The fraction of sp³-hybridized carbons (Fsp3) is 0.812. The molecule has 0 aromatic carbocycles. The van der Waals surface area contributed by atoms with Crippen LogP contribution in [0.2, 0.25) is 0 Å². The predicted octanol–water partition coefficient (Wildman–Crippen LogP) is 1.68. The molecule has 1 atom stereocenters. The number of nitrogens with one attached hydrogen (secondary N) is 1. The van der Waals surface area contributed by atoms with Gasteiger partial charge in [0.25, 0.3) is 0 Å². The molecule has 2 amide bonds. The number of aromatic nitrogens is 2. The Kier molecular flexibility index (Phi) is 6.83. The molecule has 1 unspecified atom stereocenters. The smallest absolute Gasteiger partial charge is 0.317 e. The summed E-state index contributed by atoms with van der Waals surface area (Å²) in [5.74, 6) is 2.00. The van der Waals surface area contributed by atoms with E-state index < -0.39 is 0 Å². The lowest BCUT2D eigenvalue weighted by Gasteiger charge is -2.30. The van der Waals surface area contributed by atoms with E-state index in [9.17, 15) is 4.79 Å². The number of aryl methyl sites for hydroxylation is 1. The van der Waals surface area contributed by atoms with E-state index in [-0.39, 0.29) is 6.03 Å². The number of urea groups is 1. The summed E-state index contributed by atoms with van der Waals surface area (Å²) in [5.41, 5.74) is 0. The van der Waals surface area contributed by atoms with Crippen LogP contribution in [0.15, 0.2) is 4.52 Å². The van der Waals surface area contributed by atoms with Gasteiger partial charge in [-0.15, -0.1) is 0 Å². The van der Waals surface area contributed by atoms with Gasteiger partial charge < -0.3 is 19.6 Å². The normalized spacial score (nSPS) is 18.8. The van der Waals surface area contributed by atoms with Crippen molar-refractivity contribution in [1.29, 1.82) is 0 Å². The Balaban J connectivity index is 1.56. The summed E-state index contributed by atoms with van der Waals surface area (Å²) in [5, 5.41) is 6.80. The molecule has 23 heavy (non-hydrogen) atoms. The highest BCUT2D eigenvalue weighted by atomic mass is 16.5. The van der Waals surface area contributed by atoms with E-state index in [4.69, 9.17) is 4.52 Å². The molecular formula is C16H29N5O2. The Labute approximate surface area is 138 Å². The van der Waals surface area contributed by atoms with Crippen LogP contribution in [0.25, 0.3) is 0 Å². The van der Waals surface area contributed by atoms with E-state index in [0.717, 1.165) is 25.4 Å². The highest BCUT2D eigenvalue weighted by molar-refractivity contribution is 5.73. The molecule has 7 nitrogen and oxygen atoms in total. The Hall–Kier alpha value is -1.63. The van der Waals surface area contributed by atoms with Crippen molar-refractivity contribution in [1.82, 2.24) is 25.3 Å².